The second-order valence-electron chi connectivity index (χ2n) is 16.0. The lowest BCUT2D eigenvalue weighted by Crippen LogP contribution is -2.11. The van der Waals surface area contributed by atoms with Gasteiger partial charge in [-0.3, -0.25) is 0 Å². The van der Waals surface area contributed by atoms with Crippen LogP contribution < -0.4 is 4.90 Å². The number of nitrogens with zero attached hydrogens (tertiary/aromatic N) is 1. The van der Waals surface area contributed by atoms with E-state index in [1.807, 2.05) is 24.3 Å². The summed E-state index contributed by atoms with van der Waals surface area (Å²) in [6.07, 6.45) is 0. The summed E-state index contributed by atoms with van der Waals surface area (Å²) in [4.78, 5) is 2.36. The molecular formula is C58H35NO3. The van der Waals surface area contributed by atoms with Crippen molar-refractivity contribution < 1.29 is 13.3 Å². The second-order valence-corrected chi connectivity index (χ2v) is 16.0. The molecule has 13 aromatic rings. The highest BCUT2D eigenvalue weighted by atomic mass is 16.3. The molecule has 0 atom stereocenters. The van der Waals surface area contributed by atoms with Crippen LogP contribution in [0.25, 0.3) is 110 Å². The molecule has 0 unspecified atom stereocenters. The van der Waals surface area contributed by atoms with Crippen molar-refractivity contribution in [2.75, 3.05) is 4.90 Å². The SMILES string of the molecule is c1ccc(N(c2ccc(-c3cccc4c3oc3ccccc34)cc2)c2ccc(-c3cccc4oc5ccccc5c34)cc2)c(-c2ccc3oc4c5ccccc5ccc4c3c2)c1. The van der Waals surface area contributed by atoms with Gasteiger partial charge in [-0.2, -0.15) is 0 Å². The fraction of sp³-hybridized carbons (Fsp3) is 0. The molecule has 62 heavy (non-hydrogen) atoms. The van der Waals surface area contributed by atoms with Gasteiger partial charge in [0.25, 0.3) is 0 Å². The molecule has 10 aromatic carbocycles. The number of hydrogen-bond acceptors (Lipinski definition) is 4. The monoisotopic (exact) mass is 793 g/mol. The topological polar surface area (TPSA) is 42.7 Å². The van der Waals surface area contributed by atoms with Crippen LogP contribution in [0.3, 0.4) is 0 Å². The first-order chi connectivity index (χ1) is 30.7. The van der Waals surface area contributed by atoms with E-state index in [1.54, 1.807) is 0 Å². The van der Waals surface area contributed by atoms with Crippen LogP contribution in [0.5, 0.6) is 0 Å². The minimum Gasteiger partial charge on any atom is -0.456 e. The molecule has 4 heteroatoms. The van der Waals surface area contributed by atoms with Gasteiger partial charge in [-0.25, -0.2) is 0 Å². The van der Waals surface area contributed by atoms with Crippen molar-refractivity contribution in [1.29, 1.82) is 0 Å². The molecule has 290 valence electrons. The number of hydrogen-bond donors (Lipinski definition) is 0. The molecular weight excluding hydrogens is 759 g/mol. The van der Waals surface area contributed by atoms with E-state index in [2.05, 4.69) is 193 Å². The van der Waals surface area contributed by atoms with Crippen LogP contribution >= 0.6 is 0 Å². The fourth-order valence-electron chi connectivity index (χ4n) is 9.58. The van der Waals surface area contributed by atoms with Crippen molar-refractivity contribution in [2.24, 2.45) is 0 Å². The minimum absolute atomic E-state index is 0.875. The lowest BCUT2D eigenvalue weighted by Gasteiger charge is -2.28. The molecule has 4 nitrogen and oxygen atoms in total. The van der Waals surface area contributed by atoms with Crippen molar-refractivity contribution in [2.45, 2.75) is 0 Å². The highest BCUT2D eigenvalue weighted by molar-refractivity contribution is 6.16. The number of fused-ring (bicyclic) bond motifs is 11. The largest absolute Gasteiger partial charge is 0.456 e. The predicted octanol–water partition coefficient (Wildman–Crippen LogP) is 17.0. The molecule has 0 spiro atoms. The Balaban J connectivity index is 0.965. The molecule has 3 heterocycles. The number of rotatable bonds is 6. The highest BCUT2D eigenvalue weighted by Crippen LogP contribution is 2.45. The zero-order chi connectivity index (χ0) is 40.7. The van der Waals surface area contributed by atoms with Crippen LogP contribution in [0.1, 0.15) is 0 Å². The Labute approximate surface area is 356 Å². The van der Waals surface area contributed by atoms with Crippen molar-refractivity contribution in [1.82, 2.24) is 0 Å². The van der Waals surface area contributed by atoms with Crippen molar-refractivity contribution >= 4 is 93.7 Å². The number of anilines is 3. The van der Waals surface area contributed by atoms with E-state index in [4.69, 9.17) is 13.3 Å². The first-order valence-corrected chi connectivity index (χ1v) is 21.0. The molecule has 0 aliphatic carbocycles. The number of benzene rings is 10. The van der Waals surface area contributed by atoms with E-state index in [0.717, 1.165) is 122 Å². The van der Waals surface area contributed by atoms with E-state index in [0.29, 0.717) is 0 Å². The van der Waals surface area contributed by atoms with Crippen LogP contribution in [0, 0.1) is 0 Å². The Hall–Kier alpha value is -8.34. The molecule has 3 aromatic heterocycles. The van der Waals surface area contributed by atoms with Gasteiger partial charge in [0.05, 0.1) is 5.69 Å². The standard InChI is InChI=1S/C58H35NO3/c1-2-13-44-36(11-1)27-33-48-50-35-39(28-34-54(50)62-58(44)48)42-12-3-6-19-51(42)59(40-29-23-37(24-30-40)43-16-10-22-55-56(43)49-15-5-8-21-53(49)60-55)41-31-25-38(26-32-41)45-17-9-18-47-46-14-4-7-20-52(46)61-57(45)47/h1-35H. The first kappa shape index (κ1) is 34.5. The third kappa shape index (κ3) is 5.33. The number of para-hydroxylation sites is 4. The molecule has 0 aliphatic rings. The molecule has 0 amide bonds. The fourth-order valence-corrected chi connectivity index (χ4v) is 9.58. The molecule has 0 aliphatic heterocycles. The summed E-state index contributed by atoms with van der Waals surface area (Å²) in [7, 11) is 0. The van der Waals surface area contributed by atoms with Gasteiger partial charge in [-0.1, -0.05) is 146 Å². The summed E-state index contributed by atoms with van der Waals surface area (Å²) in [5.41, 5.74) is 15.1. The molecule has 0 saturated heterocycles. The van der Waals surface area contributed by atoms with Gasteiger partial charge in [0.15, 0.2) is 0 Å². The zero-order valence-corrected chi connectivity index (χ0v) is 33.4. The Bertz CT molecular complexity index is 3870. The van der Waals surface area contributed by atoms with Crippen LogP contribution in [0.4, 0.5) is 17.1 Å². The second kappa shape index (κ2) is 13.6. The zero-order valence-electron chi connectivity index (χ0n) is 33.4. The van der Waals surface area contributed by atoms with E-state index in [1.165, 1.54) is 5.39 Å². The lowest BCUT2D eigenvalue weighted by atomic mass is 9.97. The smallest absolute Gasteiger partial charge is 0.143 e. The van der Waals surface area contributed by atoms with Crippen molar-refractivity contribution in [3.63, 3.8) is 0 Å². The molecule has 0 saturated carbocycles. The van der Waals surface area contributed by atoms with Gasteiger partial charge in [0, 0.05) is 60.2 Å². The molecule has 0 N–H and O–H groups in total. The quantitative estimate of drug-likeness (QED) is 0.168. The van der Waals surface area contributed by atoms with Gasteiger partial charge in [0.2, 0.25) is 0 Å². The Kier molecular flexibility index (Phi) is 7.57. The van der Waals surface area contributed by atoms with Crippen molar-refractivity contribution in [3.05, 3.63) is 212 Å². The average molecular weight is 794 g/mol. The Morgan fingerprint density at radius 3 is 1.66 bits per heavy atom. The Morgan fingerprint density at radius 1 is 0.290 bits per heavy atom. The van der Waals surface area contributed by atoms with Crippen LogP contribution in [-0.4, -0.2) is 0 Å². The average Bonchev–Trinajstić information content (AvgIpc) is 4.04. The van der Waals surface area contributed by atoms with Gasteiger partial charge in [0.1, 0.15) is 33.5 Å². The third-order valence-electron chi connectivity index (χ3n) is 12.5. The summed E-state index contributed by atoms with van der Waals surface area (Å²) >= 11 is 0. The molecule has 0 fully saturated rings. The summed E-state index contributed by atoms with van der Waals surface area (Å²) < 4.78 is 19.3. The van der Waals surface area contributed by atoms with Crippen LogP contribution in [0.15, 0.2) is 226 Å². The van der Waals surface area contributed by atoms with E-state index in [-0.39, 0.29) is 0 Å². The summed E-state index contributed by atoms with van der Waals surface area (Å²) in [5.74, 6) is 0. The van der Waals surface area contributed by atoms with Crippen LogP contribution in [-0.2, 0) is 0 Å². The predicted molar refractivity (Wildman–Crippen MR) is 257 cm³/mol. The molecule has 13 rings (SSSR count). The molecule has 0 radical (unpaired) electrons. The normalized spacial score (nSPS) is 11.9. The Morgan fingerprint density at radius 2 is 0.839 bits per heavy atom. The van der Waals surface area contributed by atoms with Gasteiger partial charge in [-0.05, 0) is 94.4 Å². The van der Waals surface area contributed by atoms with Gasteiger partial charge < -0.3 is 18.2 Å². The van der Waals surface area contributed by atoms with E-state index in [9.17, 15) is 0 Å². The summed E-state index contributed by atoms with van der Waals surface area (Å²) in [6.45, 7) is 0. The van der Waals surface area contributed by atoms with Gasteiger partial charge in [-0.15, -0.1) is 0 Å². The van der Waals surface area contributed by atoms with E-state index >= 15 is 0 Å². The number of furan rings is 3. The maximum Gasteiger partial charge on any atom is 0.143 e. The van der Waals surface area contributed by atoms with Gasteiger partial charge >= 0.3 is 0 Å². The summed E-state index contributed by atoms with van der Waals surface area (Å²) in [5, 5.41) is 8.98. The van der Waals surface area contributed by atoms with E-state index < -0.39 is 0 Å². The maximum atomic E-state index is 6.53. The maximum absolute atomic E-state index is 6.53. The third-order valence-corrected chi connectivity index (χ3v) is 12.5. The minimum atomic E-state index is 0.875. The molecule has 0 bridgehead atoms. The summed E-state index contributed by atoms with van der Waals surface area (Å²) in [6, 6.07) is 75.1. The highest BCUT2D eigenvalue weighted by Gasteiger charge is 2.21. The lowest BCUT2D eigenvalue weighted by molar-refractivity contribution is 0.669. The van der Waals surface area contributed by atoms with Crippen molar-refractivity contribution in [3.8, 4) is 33.4 Å². The first-order valence-electron chi connectivity index (χ1n) is 21.0. The van der Waals surface area contributed by atoms with Crippen LogP contribution in [0.2, 0.25) is 0 Å².